The summed E-state index contributed by atoms with van der Waals surface area (Å²) in [6, 6.07) is 0.538. The summed E-state index contributed by atoms with van der Waals surface area (Å²) in [5, 5.41) is 3.63. The molecule has 3 atom stereocenters. The average Bonchev–Trinajstić information content (AvgIpc) is 2.36. The summed E-state index contributed by atoms with van der Waals surface area (Å²) in [5.41, 5.74) is 0.277. The highest BCUT2D eigenvalue weighted by atomic mass is 16.5. The maximum absolute atomic E-state index is 5.85. The monoisotopic (exact) mass is 284 g/mol. The maximum Gasteiger partial charge on any atom is 0.0678 e. The Bertz CT molecular complexity index is 280. The standard InChI is InChI=1S/C16H32N2O2/c1-13(2)17-10-16(6-5-7-19-12-16)11-18-8-14(3)20-15(4)9-18/h13-15,17H,5-12H2,1-4H3. The van der Waals surface area contributed by atoms with Gasteiger partial charge in [0.15, 0.2) is 0 Å². The fraction of sp³-hybridized carbons (Fsp3) is 1.00. The SMILES string of the molecule is CC(C)NCC1(CN2CC(C)OC(C)C2)CCCOC1. The smallest absolute Gasteiger partial charge is 0.0678 e. The van der Waals surface area contributed by atoms with E-state index in [0.29, 0.717) is 18.2 Å². The summed E-state index contributed by atoms with van der Waals surface area (Å²) in [6.45, 7) is 14.9. The highest BCUT2D eigenvalue weighted by molar-refractivity contribution is 4.89. The van der Waals surface area contributed by atoms with Crippen molar-refractivity contribution >= 4 is 0 Å². The van der Waals surface area contributed by atoms with Gasteiger partial charge in [-0.05, 0) is 26.7 Å². The molecule has 2 heterocycles. The second kappa shape index (κ2) is 7.21. The van der Waals surface area contributed by atoms with E-state index in [1.807, 2.05) is 0 Å². The molecule has 2 aliphatic heterocycles. The van der Waals surface area contributed by atoms with Crippen molar-refractivity contribution in [2.45, 2.75) is 58.8 Å². The molecule has 3 unspecified atom stereocenters. The highest BCUT2D eigenvalue weighted by Gasteiger charge is 2.36. The molecule has 0 saturated carbocycles. The zero-order chi connectivity index (χ0) is 14.6. The topological polar surface area (TPSA) is 33.7 Å². The van der Waals surface area contributed by atoms with Crippen LogP contribution in [0.1, 0.15) is 40.5 Å². The first kappa shape index (κ1) is 16.2. The Labute approximate surface area is 124 Å². The number of ether oxygens (including phenoxy) is 2. The van der Waals surface area contributed by atoms with Crippen LogP contribution in [0.2, 0.25) is 0 Å². The van der Waals surface area contributed by atoms with Crippen molar-refractivity contribution in [3.05, 3.63) is 0 Å². The van der Waals surface area contributed by atoms with E-state index >= 15 is 0 Å². The molecule has 2 saturated heterocycles. The molecule has 0 aliphatic carbocycles. The molecule has 2 aliphatic rings. The van der Waals surface area contributed by atoms with Crippen LogP contribution in [-0.4, -0.2) is 62.5 Å². The molecular weight excluding hydrogens is 252 g/mol. The van der Waals surface area contributed by atoms with Gasteiger partial charge in [-0.15, -0.1) is 0 Å². The number of nitrogens with zero attached hydrogens (tertiary/aromatic N) is 1. The van der Waals surface area contributed by atoms with E-state index < -0.39 is 0 Å². The van der Waals surface area contributed by atoms with Crippen LogP contribution < -0.4 is 5.32 Å². The molecule has 0 spiro atoms. The third kappa shape index (κ3) is 4.69. The zero-order valence-corrected chi connectivity index (χ0v) is 13.7. The normalized spacial score (nSPS) is 36.5. The van der Waals surface area contributed by atoms with Crippen LogP contribution in [0.4, 0.5) is 0 Å². The summed E-state index contributed by atoms with van der Waals surface area (Å²) in [6.07, 6.45) is 3.15. The average molecular weight is 284 g/mol. The third-order valence-electron chi connectivity index (χ3n) is 4.34. The Balaban J connectivity index is 1.95. The summed E-state index contributed by atoms with van der Waals surface area (Å²) in [5.74, 6) is 0. The van der Waals surface area contributed by atoms with Gasteiger partial charge in [0.05, 0.1) is 18.8 Å². The molecule has 0 amide bonds. The molecule has 20 heavy (non-hydrogen) atoms. The largest absolute Gasteiger partial charge is 0.381 e. The lowest BCUT2D eigenvalue weighted by Crippen LogP contribution is -2.54. The minimum Gasteiger partial charge on any atom is -0.381 e. The number of hydrogen-bond acceptors (Lipinski definition) is 4. The minimum atomic E-state index is 0.277. The van der Waals surface area contributed by atoms with E-state index in [1.54, 1.807) is 0 Å². The third-order valence-corrected chi connectivity index (χ3v) is 4.34. The molecule has 0 aromatic heterocycles. The van der Waals surface area contributed by atoms with E-state index in [2.05, 4.69) is 37.9 Å². The van der Waals surface area contributed by atoms with Gasteiger partial charge in [0.25, 0.3) is 0 Å². The number of morpholine rings is 1. The van der Waals surface area contributed by atoms with Gasteiger partial charge >= 0.3 is 0 Å². The van der Waals surface area contributed by atoms with E-state index in [4.69, 9.17) is 9.47 Å². The molecule has 2 fully saturated rings. The molecule has 0 aromatic carbocycles. The lowest BCUT2D eigenvalue weighted by molar-refractivity contribution is -0.0933. The molecule has 4 nitrogen and oxygen atoms in total. The Morgan fingerprint density at radius 1 is 1.25 bits per heavy atom. The Morgan fingerprint density at radius 2 is 1.95 bits per heavy atom. The maximum atomic E-state index is 5.85. The van der Waals surface area contributed by atoms with Gasteiger partial charge in [-0.3, -0.25) is 4.90 Å². The van der Waals surface area contributed by atoms with Crippen molar-refractivity contribution in [2.75, 3.05) is 39.4 Å². The van der Waals surface area contributed by atoms with Crippen LogP contribution in [0.15, 0.2) is 0 Å². The number of rotatable bonds is 5. The predicted octanol–water partition coefficient (Wildman–Crippen LogP) is 1.89. The van der Waals surface area contributed by atoms with E-state index in [-0.39, 0.29) is 5.41 Å². The molecule has 0 radical (unpaired) electrons. The van der Waals surface area contributed by atoms with Crippen LogP contribution in [0.3, 0.4) is 0 Å². The highest BCUT2D eigenvalue weighted by Crippen LogP contribution is 2.30. The van der Waals surface area contributed by atoms with Crippen molar-refractivity contribution in [1.82, 2.24) is 10.2 Å². The Hall–Kier alpha value is -0.160. The first-order valence-corrected chi connectivity index (χ1v) is 8.18. The lowest BCUT2D eigenvalue weighted by atomic mass is 9.81. The summed E-state index contributed by atoms with van der Waals surface area (Å²) in [4.78, 5) is 2.58. The van der Waals surface area contributed by atoms with Gasteiger partial charge in [-0.25, -0.2) is 0 Å². The summed E-state index contributed by atoms with van der Waals surface area (Å²) >= 11 is 0. The predicted molar refractivity (Wildman–Crippen MR) is 82.1 cm³/mol. The van der Waals surface area contributed by atoms with Gasteiger partial charge < -0.3 is 14.8 Å². The van der Waals surface area contributed by atoms with Crippen molar-refractivity contribution in [1.29, 1.82) is 0 Å². The van der Waals surface area contributed by atoms with Crippen molar-refractivity contribution in [3.63, 3.8) is 0 Å². The van der Waals surface area contributed by atoms with Crippen molar-refractivity contribution in [3.8, 4) is 0 Å². The van der Waals surface area contributed by atoms with E-state index in [9.17, 15) is 0 Å². The van der Waals surface area contributed by atoms with Crippen LogP contribution in [0.5, 0.6) is 0 Å². The molecule has 0 aromatic rings. The quantitative estimate of drug-likeness (QED) is 0.836. The van der Waals surface area contributed by atoms with Crippen molar-refractivity contribution < 1.29 is 9.47 Å². The molecule has 2 rings (SSSR count). The van der Waals surface area contributed by atoms with Crippen LogP contribution in [0, 0.1) is 5.41 Å². The van der Waals surface area contributed by atoms with Crippen molar-refractivity contribution in [2.24, 2.45) is 5.41 Å². The second-order valence-corrected chi connectivity index (χ2v) is 7.14. The van der Waals surface area contributed by atoms with Crippen LogP contribution in [-0.2, 0) is 9.47 Å². The first-order chi connectivity index (χ1) is 9.49. The van der Waals surface area contributed by atoms with Gasteiger partial charge in [0.1, 0.15) is 0 Å². The van der Waals surface area contributed by atoms with E-state index in [0.717, 1.165) is 39.4 Å². The van der Waals surface area contributed by atoms with Gasteiger partial charge in [-0.2, -0.15) is 0 Å². The van der Waals surface area contributed by atoms with Gasteiger partial charge in [0.2, 0.25) is 0 Å². The molecule has 4 heteroatoms. The molecule has 0 bridgehead atoms. The Morgan fingerprint density at radius 3 is 2.50 bits per heavy atom. The van der Waals surface area contributed by atoms with Gasteiger partial charge in [-0.1, -0.05) is 13.8 Å². The lowest BCUT2D eigenvalue weighted by Gasteiger charge is -2.44. The zero-order valence-electron chi connectivity index (χ0n) is 13.7. The van der Waals surface area contributed by atoms with Crippen LogP contribution >= 0.6 is 0 Å². The summed E-state index contributed by atoms with van der Waals surface area (Å²) in [7, 11) is 0. The molecule has 118 valence electrons. The van der Waals surface area contributed by atoms with Crippen LogP contribution in [0.25, 0.3) is 0 Å². The molecule has 1 N–H and O–H groups in total. The fourth-order valence-corrected chi connectivity index (χ4v) is 3.54. The first-order valence-electron chi connectivity index (χ1n) is 8.18. The second-order valence-electron chi connectivity index (χ2n) is 7.14. The summed E-state index contributed by atoms with van der Waals surface area (Å²) < 4.78 is 11.7. The Kier molecular flexibility index (Phi) is 5.84. The minimum absolute atomic E-state index is 0.277. The number of nitrogens with one attached hydrogen (secondary N) is 1. The van der Waals surface area contributed by atoms with E-state index in [1.165, 1.54) is 12.8 Å². The van der Waals surface area contributed by atoms with Gasteiger partial charge in [0, 0.05) is 44.2 Å². The fourth-order valence-electron chi connectivity index (χ4n) is 3.54. The number of hydrogen-bond donors (Lipinski definition) is 1. The molecular formula is C16H32N2O2.